The van der Waals surface area contributed by atoms with Gasteiger partial charge in [-0.25, -0.2) is 4.90 Å². The van der Waals surface area contributed by atoms with Crippen LogP contribution in [0.4, 0.5) is 15.8 Å². The van der Waals surface area contributed by atoms with Crippen LogP contribution in [0.3, 0.4) is 0 Å². The molecule has 0 saturated carbocycles. The third kappa shape index (κ3) is 2.82. The minimum absolute atomic E-state index is 0.229. The fraction of sp³-hybridized carbons (Fsp3) is 0.222. The smallest absolute Gasteiger partial charge is 0.266 e. The lowest BCUT2D eigenvalue weighted by Gasteiger charge is -2.14. The first-order valence-electron chi connectivity index (χ1n) is 7.65. The van der Waals surface area contributed by atoms with Crippen LogP contribution < -0.4 is 15.0 Å². The van der Waals surface area contributed by atoms with Gasteiger partial charge in [0.2, 0.25) is 0 Å². The Kier molecular flexibility index (Phi) is 4.46. The van der Waals surface area contributed by atoms with Crippen LogP contribution in [0.5, 0.6) is 5.75 Å². The first-order valence-corrected chi connectivity index (χ1v) is 7.65. The molecule has 1 aliphatic heterocycles. The van der Waals surface area contributed by atoms with Crippen molar-refractivity contribution in [1.82, 2.24) is 0 Å². The van der Waals surface area contributed by atoms with E-state index in [1.54, 1.807) is 43.4 Å². The molecular weight excluding hydrogens is 311 g/mol. The second kappa shape index (κ2) is 6.70. The third-order valence-electron chi connectivity index (χ3n) is 3.82. The maximum Gasteiger partial charge on any atom is 0.266 e. The molecule has 0 aromatic heterocycles. The first-order chi connectivity index (χ1) is 11.7. The zero-order valence-electron chi connectivity index (χ0n) is 13.2. The summed E-state index contributed by atoms with van der Waals surface area (Å²) >= 11 is 0. The third-order valence-corrected chi connectivity index (χ3v) is 3.82. The normalized spacial score (nSPS) is 13.2. The van der Waals surface area contributed by atoms with Crippen LogP contribution in [0.15, 0.2) is 42.5 Å². The van der Waals surface area contributed by atoms with Crippen molar-refractivity contribution in [3.63, 3.8) is 0 Å². The highest BCUT2D eigenvalue weighted by atomic mass is 19.1. The van der Waals surface area contributed by atoms with E-state index in [-0.39, 0.29) is 24.8 Å². The molecule has 1 aliphatic rings. The molecule has 1 N–H and O–H groups in total. The summed E-state index contributed by atoms with van der Waals surface area (Å²) in [6.45, 7) is -0.231. The molecule has 2 aromatic carbocycles. The number of halogens is 1. The van der Waals surface area contributed by atoms with Crippen LogP contribution in [0.25, 0.3) is 0 Å². The SMILES string of the molecule is CNc1ccc(N2C(=O)c3ccc(OCCCF)cc3C2=O)cc1. The zero-order valence-corrected chi connectivity index (χ0v) is 13.2. The van der Waals surface area contributed by atoms with Gasteiger partial charge in [0.25, 0.3) is 11.8 Å². The van der Waals surface area contributed by atoms with Crippen molar-refractivity contribution < 1.29 is 18.7 Å². The second-order valence-corrected chi connectivity index (χ2v) is 5.34. The van der Waals surface area contributed by atoms with Crippen molar-refractivity contribution in [2.75, 3.05) is 30.5 Å². The molecule has 0 fully saturated rings. The summed E-state index contributed by atoms with van der Waals surface area (Å²) in [5, 5.41) is 2.98. The second-order valence-electron chi connectivity index (χ2n) is 5.34. The summed E-state index contributed by atoms with van der Waals surface area (Å²) in [4.78, 5) is 26.3. The largest absolute Gasteiger partial charge is 0.493 e. The quantitative estimate of drug-likeness (QED) is 0.653. The first kappa shape index (κ1) is 16.0. The molecule has 124 valence electrons. The van der Waals surface area contributed by atoms with E-state index in [0.717, 1.165) is 10.6 Å². The minimum Gasteiger partial charge on any atom is -0.493 e. The monoisotopic (exact) mass is 328 g/mol. The summed E-state index contributed by atoms with van der Waals surface area (Å²) in [5.41, 5.74) is 2.05. The molecule has 1 heterocycles. The highest BCUT2D eigenvalue weighted by Gasteiger charge is 2.36. The Morgan fingerprint density at radius 2 is 1.75 bits per heavy atom. The lowest BCUT2D eigenvalue weighted by atomic mass is 10.1. The van der Waals surface area contributed by atoms with Crippen LogP contribution >= 0.6 is 0 Å². The molecule has 0 atom stereocenters. The summed E-state index contributed by atoms with van der Waals surface area (Å²) in [6.07, 6.45) is 0.286. The van der Waals surface area contributed by atoms with Gasteiger partial charge in [-0.15, -0.1) is 0 Å². The number of nitrogens with zero attached hydrogens (tertiary/aromatic N) is 1. The number of alkyl halides is 1. The van der Waals surface area contributed by atoms with Crippen LogP contribution in [0, 0.1) is 0 Å². The Hall–Kier alpha value is -2.89. The summed E-state index contributed by atoms with van der Waals surface area (Å²) in [7, 11) is 1.79. The Bertz CT molecular complexity index is 774. The van der Waals surface area contributed by atoms with Crippen LogP contribution in [0.1, 0.15) is 27.1 Å². The molecule has 0 radical (unpaired) electrons. The average Bonchev–Trinajstić information content (AvgIpc) is 2.86. The molecule has 0 bridgehead atoms. The molecule has 24 heavy (non-hydrogen) atoms. The number of fused-ring (bicyclic) bond motifs is 1. The van der Waals surface area contributed by atoms with Crippen LogP contribution in [-0.2, 0) is 0 Å². The Labute approximate surface area is 139 Å². The molecule has 0 aliphatic carbocycles. The van der Waals surface area contributed by atoms with Gasteiger partial charge in [-0.1, -0.05) is 0 Å². The van der Waals surface area contributed by atoms with Gasteiger partial charge in [0.1, 0.15) is 5.75 Å². The van der Waals surface area contributed by atoms with E-state index in [4.69, 9.17) is 4.74 Å². The summed E-state index contributed by atoms with van der Waals surface area (Å²) < 4.78 is 17.5. The van der Waals surface area contributed by atoms with Crippen molar-refractivity contribution in [2.45, 2.75) is 6.42 Å². The van der Waals surface area contributed by atoms with Gasteiger partial charge in [-0.3, -0.25) is 14.0 Å². The number of amides is 2. The molecule has 0 spiro atoms. The Morgan fingerprint density at radius 1 is 1.04 bits per heavy atom. The van der Waals surface area contributed by atoms with Gasteiger partial charge in [0.05, 0.1) is 30.1 Å². The van der Waals surface area contributed by atoms with Crippen molar-refractivity contribution in [1.29, 1.82) is 0 Å². The Balaban J connectivity index is 1.87. The predicted octanol–water partition coefficient (Wildman–Crippen LogP) is 3.27. The van der Waals surface area contributed by atoms with E-state index in [1.165, 1.54) is 6.07 Å². The number of imide groups is 1. The van der Waals surface area contributed by atoms with Gasteiger partial charge >= 0.3 is 0 Å². The van der Waals surface area contributed by atoms with Gasteiger partial charge in [0, 0.05) is 19.2 Å². The van der Waals surface area contributed by atoms with E-state index in [9.17, 15) is 14.0 Å². The topological polar surface area (TPSA) is 58.6 Å². The standard InChI is InChI=1S/C18H17FN2O3/c1-20-12-3-5-13(6-4-12)21-17(22)15-8-7-14(24-10-2-9-19)11-16(15)18(21)23/h3-8,11,20H,2,9-10H2,1H3. The Morgan fingerprint density at radius 3 is 2.42 bits per heavy atom. The van der Waals surface area contributed by atoms with Crippen molar-refractivity contribution in [3.8, 4) is 5.75 Å². The number of ether oxygens (including phenoxy) is 1. The van der Waals surface area contributed by atoms with Crippen molar-refractivity contribution in [3.05, 3.63) is 53.6 Å². The number of carbonyl (C=O) groups is 2. The minimum atomic E-state index is -0.460. The molecule has 2 amide bonds. The molecular formula is C18H17FN2O3. The van der Waals surface area contributed by atoms with Gasteiger partial charge in [0.15, 0.2) is 0 Å². The lowest BCUT2D eigenvalue weighted by Crippen LogP contribution is -2.29. The fourth-order valence-electron chi connectivity index (χ4n) is 2.57. The number of nitrogens with one attached hydrogen (secondary N) is 1. The number of rotatable bonds is 6. The van der Waals surface area contributed by atoms with E-state index >= 15 is 0 Å². The van der Waals surface area contributed by atoms with Gasteiger partial charge < -0.3 is 10.1 Å². The zero-order chi connectivity index (χ0) is 17.1. The van der Waals surface area contributed by atoms with E-state index in [1.807, 2.05) is 0 Å². The van der Waals surface area contributed by atoms with Gasteiger partial charge in [-0.2, -0.15) is 0 Å². The van der Waals surface area contributed by atoms with Crippen molar-refractivity contribution >= 4 is 23.2 Å². The maximum absolute atomic E-state index is 12.6. The molecule has 0 unspecified atom stereocenters. The molecule has 0 saturated heterocycles. The lowest BCUT2D eigenvalue weighted by molar-refractivity contribution is 0.0926. The van der Waals surface area contributed by atoms with E-state index < -0.39 is 6.67 Å². The summed E-state index contributed by atoms with van der Waals surface area (Å²) in [5.74, 6) is -0.290. The number of carbonyl (C=O) groups excluding carboxylic acids is 2. The number of hydrogen-bond acceptors (Lipinski definition) is 4. The number of anilines is 2. The molecule has 6 heteroatoms. The van der Waals surface area contributed by atoms with Crippen molar-refractivity contribution in [2.24, 2.45) is 0 Å². The van der Waals surface area contributed by atoms with Crippen LogP contribution in [0.2, 0.25) is 0 Å². The fourth-order valence-corrected chi connectivity index (χ4v) is 2.57. The highest BCUT2D eigenvalue weighted by Crippen LogP contribution is 2.31. The molecule has 5 nitrogen and oxygen atoms in total. The predicted molar refractivity (Wildman–Crippen MR) is 89.7 cm³/mol. The van der Waals surface area contributed by atoms with Gasteiger partial charge in [-0.05, 0) is 42.5 Å². The summed E-state index contributed by atoms with van der Waals surface area (Å²) in [6, 6.07) is 11.8. The average molecular weight is 328 g/mol. The van der Waals surface area contributed by atoms with Crippen LogP contribution in [-0.4, -0.2) is 32.1 Å². The highest BCUT2D eigenvalue weighted by molar-refractivity contribution is 6.34. The number of hydrogen-bond donors (Lipinski definition) is 1. The van der Waals surface area contributed by atoms with E-state index in [2.05, 4.69) is 5.32 Å². The van der Waals surface area contributed by atoms with E-state index in [0.29, 0.717) is 22.6 Å². The maximum atomic E-state index is 12.6. The molecule has 3 rings (SSSR count). The molecule has 2 aromatic rings. The number of benzene rings is 2.